The summed E-state index contributed by atoms with van der Waals surface area (Å²) in [6.07, 6.45) is 0. The molecule has 0 bridgehead atoms. The van der Waals surface area contributed by atoms with Gasteiger partial charge >= 0.3 is 5.97 Å². The van der Waals surface area contributed by atoms with E-state index in [4.69, 9.17) is 4.74 Å². The standard InChI is InChI=1S/C23H22N2O6S/c1-3-24(20-9-5-4-6-10-20)32(29,30)22-15-19(13-12-17(22)2)23(26)31-16-18-8-7-11-21(14-18)25(27)28/h4-15H,3,16H2,1-2H3. The number of ether oxygens (including phenoxy) is 1. The first kappa shape index (κ1) is 23.0. The lowest BCUT2D eigenvalue weighted by Gasteiger charge is -2.24. The van der Waals surface area contributed by atoms with Crippen LogP contribution in [-0.2, 0) is 21.4 Å². The van der Waals surface area contributed by atoms with Gasteiger partial charge < -0.3 is 4.74 Å². The summed E-state index contributed by atoms with van der Waals surface area (Å²) >= 11 is 0. The lowest BCUT2D eigenvalue weighted by atomic mass is 10.1. The fourth-order valence-electron chi connectivity index (χ4n) is 3.20. The minimum absolute atomic E-state index is 0.00741. The highest BCUT2D eigenvalue weighted by atomic mass is 32.2. The van der Waals surface area contributed by atoms with Crippen molar-refractivity contribution >= 4 is 27.4 Å². The molecule has 0 N–H and O–H groups in total. The third-order valence-electron chi connectivity index (χ3n) is 4.81. The summed E-state index contributed by atoms with van der Waals surface area (Å²) < 4.78 is 33.2. The Kier molecular flexibility index (Phi) is 6.89. The van der Waals surface area contributed by atoms with Gasteiger partial charge in [0.05, 0.1) is 21.1 Å². The van der Waals surface area contributed by atoms with Crippen LogP contribution in [0, 0.1) is 17.0 Å². The van der Waals surface area contributed by atoms with Crippen molar-refractivity contribution in [3.63, 3.8) is 0 Å². The molecule has 0 radical (unpaired) electrons. The number of para-hydroxylation sites is 1. The Labute approximate surface area is 186 Å². The van der Waals surface area contributed by atoms with Crippen molar-refractivity contribution in [1.29, 1.82) is 0 Å². The average molecular weight is 455 g/mol. The highest BCUT2D eigenvalue weighted by molar-refractivity contribution is 7.92. The van der Waals surface area contributed by atoms with E-state index in [0.717, 1.165) is 0 Å². The minimum Gasteiger partial charge on any atom is -0.457 e. The summed E-state index contributed by atoms with van der Waals surface area (Å²) in [4.78, 5) is 22.9. The quantitative estimate of drug-likeness (QED) is 0.282. The van der Waals surface area contributed by atoms with Gasteiger partial charge in [-0.2, -0.15) is 0 Å². The van der Waals surface area contributed by atoms with E-state index in [-0.39, 0.29) is 29.3 Å². The molecule has 3 rings (SSSR count). The minimum atomic E-state index is -3.92. The monoisotopic (exact) mass is 454 g/mol. The smallest absolute Gasteiger partial charge is 0.338 e. The molecule has 0 heterocycles. The summed E-state index contributed by atoms with van der Waals surface area (Å²) in [7, 11) is -3.92. The first-order valence-corrected chi connectivity index (χ1v) is 11.3. The van der Waals surface area contributed by atoms with E-state index in [1.54, 1.807) is 56.3 Å². The number of esters is 1. The van der Waals surface area contributed by atoms with Crippen molar-refractivity contribution in [1.82, 2.24) is 0 Å². The van der Waals surface area contributed by atoms with Crippen LogP contribution in [0.2, 0.25) is 0 Å². The van der Waals surface area contributed by atoms with Crippen molar-refractivity contribution in [2.75, 3.05) is 10.8 Å². The second-order valence-electron chi connectivity index (χ2n) is 6.99. The molecule has 0 aromatic heterocycles. The van der Waals surface area contributed by atoms with Gasteiger partial charge in [0, 0.05) is 18.7 Å². The van der Waals surface area contributed by atoms with Gasteiger partial charge in [0.2, 0.25) is 0 Å². The number of non-ortho nitro benzene ring substituents is 1. The SMILES string of the molecule is CCN(c1ccccc1)S(=O)(=O)c1cc(C(=O)OCc2cccc([N+](=O)[O-])c2)ccc1C. The maximum Gasteiger partial charge on any atom is 0.338 e. The molecule has 0 aliphatic rings. The molecule has 32 heavy (non-hydrogen) atoms. The molecule has 0 saturated heterocycles. The summed E-state index contributed by atoms with van der Waals surface area (Å²) in [5.74, 6) is -0.726. The Morgan fingerprint density at radius 2 is 1.75 bits per heavy atom. The zero-order valence-corrected chi connectivity index (χ0v) is 18.4. The molecule has 8 nitrogen and oxygen atoms in total. The molecule has 0 fully saturated rings. The molecule has 0 amide bonds. The number of rotatable bonds is 8. The van der Waals surface area contributed by atoms with Gasteiger partial charge in [-0.05, 0) is 49.2 Å². The van der Waals surface area contributed by atoms with Crippen LogP contribution in [0.1, 0.15) is 28.4 Å². The molecule has 0 unspecified atom stereocenters. The van der Waals surface area contributed by atoms with E-state index in [9.17, 15) is 23.3 Å². The Morgan fingerprint density at radius 3 is 2.41 bits per heavy atom. The van der Waals surface area contributed by atoms with Gasteiger partial charge in [0.25, 0.3) is 15.7 Å². The summed E-state index contributed by atoms with van der Waals surface area (Å²) in [6, 6.07) is 18.8. The molecular weight excluding hydrogens is 432 g/mol. The Balaban J connectivity index is 1.85. The highest BCUT2D eigenvalue weighted by Crippen LogP contribution is 2.26. The topological polar surface area (TPSA) is 107 Å². The maximum absolute atomic E-state index is 13.4. The van der Waals surface area contributed by atoms with E-state index in [1.165, 1.54) is 34.6 Å². The maximum atomic E-state index is 13.4. The number of sulfonamides is 1. The Morgan fingerprint density at radius 1 is 1.03 bits per heavy atom. The number of nitro groups is 1. The second-order valence-corrected chi connectivity index (χ2v) is 8.82. The second kappa shape index (κ2) is 9.61. The molecule has 0 aliphatic heterocycles. The van der Waals surface area contributed by atoms with Gasteiger partial charge in [0.15, 0.2) is 0 Å². The first-order valence-electron chi connectivity index (χ1n) is 9.83. The Bertz CT molecular complexity index is 1240. The number of benzene rings is 3. The van der Waals surface area contributed by atoms with Crippen LogP contribution < -0.4 is 4.31 Å². The van der Waals surface area contributed by atoms with E-state index in [0.29, 0.717) is 16.8 Å². The number of nitrogens with zero attached hydrogens (tertiary/aromatic N) is 2. The number of carbonyl (C=O) groups excluding carboxylic acids is 1. The summed E-state index contributed by atoms with van der Waals surface area (Å²) in [5.41, 5.74) is 1.43. The average Bonchev–Trinajstić information content (AvgIpc) is 2.79. The zero-order valence-electron chi connectivity index (χ0n) is 17.6. The van der Waals surface area contributed by atoms with Gasteiger partial charge in [-0.3, -0.25) is 14.4 Å². The zero-order chi connectivity index (χ0) is 23.3. The van der Waals surface area contributed by atoms with Crippen molar-refractivity contribution in [2.45, 2.75) is 25.3 Å². The van der Waals surface area contributed by atoms with E-state index >= 15 is 0 Å². The Hall–Kier alpha value is -3.72. The molecule has 3 aromatic rings. The van der Waals surface area contributed by atoms with Crippen LogP contribution in [-0.4, -0.2) is 25.9 Å². The number of hydrogen-bond donors (Lipinski definition) is 0. The lowest BCUT2D eigenvalue weighted by Crippen LogP contribution is -2.31. The highest BCUT2D eigenvalue weighted by Gasteiger charge is 2.26. The third-order valence-corrected chi connectivity index (χ3v) is 6.86. The van der Waals surface area contributed by atoms with Crippen LogP contribution in [0.5, 0.6) is 0 Å². The molecule has 3 aromatic carbocycles. The number of aryl methyl sites for hydroxylation is 1. The molecule has 0 atom stereocenters. The predicted molar refractivity (Wildman–Crippen MR) is 120 cm³/mol. The van der Waals surface area contributed by atoms with E-state index in [1.807, 2.05) is 0 Å². The van der Waals surface area contributed by atoms with Crippen molar-refractivity contribution < 1.29 is 22.9 Å². The van der Waals surface area contributed by atoms with Gasteiger partial charge in [-0.25, -0.2) is 13.2 Å². The van der Waals surface area contributed by atoms with Crippen LogP contribution in [0.15, 0.2) is 77.7 Å². The van der Waals surface area contributed by atoms with Gasteiger partial charge in [0.1, 0.15) is 6.61 Å². The molecule has 0 spiro atoms. The number of nitro benzene ring substituents is 1. The van der Waals surface area contributed by atoms with Crippen LogP contribution >= 0.6 is 0 Å². The van der Waals surface area contributed by atoms with Gasteiger partial charge in [-0.1, -0.05) is 36.4 Å². The summed E-state index contributed by atoms with van der Waals surface area (Å²) in [5, 5.41) is 10.9. The molecular formula is C23H22N2O6S. The van der Waals surface area contributed by atoms with Gasteiger partial charge in [-0.15, -0.1) is 0 Å². The lowest BCUT2D eigenvalue weighted by molar-refractivity contribution is -0.384. The fourth-order valence-corrected chi connectivity index (χ4v) is 4.93. The molecule has 0 aliphatic carbocycles. The predicted octanol–water partition coefficient (Wildman–Crippen LogP) is 4.48. The first-order chi connectivity index (χ1) is 15.2. The number of hydrogen-bond acceptors (Lipinski definition) is 6. The van der Waals surface area contributed by atoms with Crippen LogP contribution in [0.25, 0.3) is 0 Å². The van der Waals surface area contributed by atoms with E-state index in [2.05, 4.69) is 0 Å². The molecule has 9 heteroatoms. The van der Waals surface area contributed by atoms with Crippen LogP contribution in [0.3, 0.4) is 0 Å². The largest absolute Gasteiger partial charge is 0.457 e. The van der Waals surface area contributed by atoms with Crippen molar-refractivity contribution in [3.8, 4) is 0 Å². The van der Waals surface area contributed by atoms with Crippen molar-refractivity contribution in [2.24, 2.45) is 0 Å². The number of anilines is 1. The third kappa shape index (κ3) is 4.94. The molecule has 0 saturated carbocycles. The molecule has 166 valence electrons. The summed E-state index contributed by atoms with van der Waals surface area (Å²) in [6.45, 7) is 3.43. The fraction of sp³-hybridized carbons (Fsp3) is 0.174. The normalized spacial score (nSPS) is 11.1. The van der Waals surface area contributed by atoms with Crippen LogP contribution in [0.4, 0.5) is 11.4 Å². The van der Waals surface area contributed by atoms with E-state index < -0.39 is 20.9 Å². The van der Waals surface area contributed by atoms with Crippen molar-refractivity contribution in [3.05, 3.63) is 99.6 Å². The number of carbonyl (C=O) groups is 1.